The fourth-order valence-electron chi connectivity index (χ4n) is 2.23. The average Bonchev–Trinajstić information content (AvgIpc) is 2.65. The van der Waals surface area contributed by atoms with E-state index in [9.17, 15) is 4.79 Å². The van der Waals surface area contributed by atoms with E-state index < -0.39 is 0 Å². The molecular weight excluding hydrogens is 430 g/mol. The number of hydrogen-bond donors (Lipinski definition) is 0. The van der Waals surface area contributed by atoms with Gasteiger partial charge in [-0.15, -0.1) is 11.8 Å². The summed E-state index contributed by atoms with van der Waals surface area (Å²) in [6.45, 7) is 2.19. The summed E-state index contributed by atoms with van der Waals surface area (Å²) in [4.78, 5) is 13.5. The molecule has 0 amide bonds. The highest BCUT2D eigenvalue weighted by Crippen LogP contribution is 2.38. The number of carbonyl (C=O) groups excluding carboxylic acids is 1. The molecule has 6 heteroatoms. The molecule has 0 saturated carbocycles. The fraction of sp³-hybridized carbons (Fsp3) is 0.250. The second-order valence-electron chi connectivity index (χ2n) is 5.67. The van der Waals surface area contributed by atoms with Crippen LogP contribution in [-0.4, -0.2) is 11.5 Å². The van der Waals surface area contributed by atoms with E-state index >= 15 is 0 Å². The first kappa shape index (κ1) is 21.7. The minimum Gasteiger partial charge on any atom is -0.289 e. The van der Waals surface area contributed by atoms with Crippen LogP contribution in [0.15, 0.2) is 41.3 Å². The summed E-state index contributed by atoms with van der Waals surface area (Å²) < 4.78 is 0. The molecule has 0 aliphatic heterocycles. The maximum absolute atomic E-state index is 12.3. The topological polar surface area (TPSA) is 17.1 Å². The van der Waals surface area contributed by atoms with Crippen LogP contribution >= 0.6 is 58.2 Å². The first-order valence-corrected chi connectivity index (χ1v) is 10.7. The first-order chi connectivity index (χ1) is 12.4. The predicted molar refractivity (Wildman–Crippen MR) is 117 cm³/mol. The van der Waals surface area contributed by atoms with Gasteiger partial charge in [-0.25, -0.2) is 0 Å². The molecular formula is C20H18Cl4OS. The van der Waals surface area contributed by atoms with Crippen molar-refractivity contribution >= 4 is 70.0 Å². The van der Waals surface area contributed by atoms with Crippen LogP contribution in [0, 0.1) is 0 Å². The van der Waals surface area contributed by atoms with E-state index in [4.69, 9.17) is 46.4 Å². The maximum Gasteiger partial charge on any atom is 0.185 e. The molecule has 0 radical (unpaired) electrons. The highest BCUT2D eigenvalue weighted by atomic mass is 35.5. The van der Waals surface area contributed by atoms with Crippen LogP contribution in [-0.2, 0) is 0 Å². The van der Waals surface area contributed by atoms with Crippen LogP contribution in [0.5, 0.6) is 0 Å². The molecule has 0 aliphatic carbocycles. The molecule has 0 bridgehead atoms. The molecule has 0 fully saturated rings. The smallest absolute Gasteiger partial charge is 0.185 e. The van der Waals surface area contributed by atoms with Crippen LogP contribution < -0.4 is 0 Å². The predicted octanol–water partition coefficient (Wildman–Crippen LogP) is 8.48. The van der Waals surface area contributed by atoms with Gasteiger partial charge in [0, 0.05) is 10.5 Å². The molecule has 0 unspecified atom stereocenters. The lowest BCUT2D eigenvalue weighted by Gasteiger charge is -2.05. The minimum absolute atomic E-state index is 0.120. The van der Waals surface area contributed by atoms with Gasteiger partial charge < -0.3 is 0 Å². The molecule has 26 heavy (non-hydrogen) atoms. The van der Waals surface area contributed by atoms with Crippen molar-refractivity contribution in [2.45, 2.75) is 31.1 Å². The zero-order valence-corrected chi connectivity index (χ0v) is 18.0. The zero-order valence-electron chi connectivity index (χ0n) is 14.2. The van der Waals surface area contributed by atoms with Gasteiger partial charge in [-0.3, -0.25) is 4.79 Å². The Balaban J connectivity index is 2.05. The quantitative estimate of drug-likeness (QED) is 0.101. The Morgan fingerprint density at radius 2 is 1.69 bits per heavy atom. The number of hydrogen-bond acceptors (Lipinski definition) is 2. The Morgan fingerprint density at radius 1 is 1.00 bits per heavy atom. The number of rotatable bonds is 8. The van der Waals surface area contributed by atoms with Crippen molar-refractivity contribution in [2.24, 2.45) is 0 Å². The Labute approximate surface area is 178 Å². The van der Waals surface area contributed by atoms with E-state index in [0.717, 1.165) is 5.75 Å². The van der Waals surface area contributed by atoms with Gasteiger partial charge in [0.1, 0.15) is 0 Å². The number of thioether (sulfide) groups is 1. The lowest BCUT2D eigenvalue weighted by Crippen LogP contribution is -1.94. The van der Waals surface area contributed by atoms with Crippen molar-refractivity contribution in [1.29, 1.82) is 0 Å². The van der Waals surface area contributed by atoms with Gasteiger partial charge in [0.2, 0.25) is 0 Å². The van der Waals surface area contributed by atoms with Crippen molar-refractivity contribution in [1.82, 2.24) is 0 Å². The third-order valence-corrected chi connectivity index (χ3v) is 6.56. The maximum atomic E-state index is 12.3. The molecule has 0 spiro atoms. The summed E-state index contributed by atoms with van der Waals surface area (Å²) in [6, 6.07) is 9.19. The lowest BCUT2D eigenvalue weighted by molar-refractivity contribution is 0.104. The van der Waals surface area contributed by atoms with Crippen LogP contribution in [0.3, 0.4) is 0 Å². The average molecular weight is 448 g/mol. The molecule has 2 aromatic carbocycles. The molecule has 0 saturated heterocycles. The van der Waals surface area contributed by atoms with Crippen molar-refractivity contribution < 1.29 is 4.79 Å². The van der Waals surface area contributed by atoms with Crippen LogP contribution in [0.25, 0.3) is 6.08 Å². The highest BCUT2D eigenvalue weighted by Gasteiger charge is 2.12. The second kappa shape index (κ2) is 10.6. The summed E-state index contributed by atoms with van der Waals surface area (Å²) in [5.41, 5.74) is 1.16. The molecule has 0 N–H and O–H groups in total. The third-order valence-electron chi connectivity index (χ3n) is 3.70. The van der Waals surface area contributed by atoms with Crippen molar-refractivity contribution in [3.8, 4) is 0 Å². The van der Waals surface area contributed by atoms with Crippen molar-refractivity contribution in [3.05, 3.63) is 67.6 Å². The van der Waals surface area contributed by atoms with Crippen molar-refractivity contribution in [3.63, 3.8) is 0 Å². The largest absolute Gasteiger partial charge is 0.289 e. The van der Waals surface area contributed by atoms with Crippen LogP contribution in [0.2, 0.25) is 20.1 Å². The molecule has 0 aromatic heterocycles. The van der Waals surface area contributed by atoms with Gasteiger partial charge in [0.05, 0.1) is 20.1 Å². The van der Waals surface area contributed by atoms with Gasteiger partial charge in [-0.05, 0) is 60.2 Å². The highest BCUT2D eigenvalue weighted by molar-refractivity contribution is 7.99. The molecule has 0 aliphatic rings. The summed E-state index contributed by atoms with van der Waals surface area (Å²) >= 11 is 25.9. The molecule has 0 heterocycles. The van der Waals surface area contributed by atoms with E-state index in [-0.39, 0.29) is 25.9 Å². The Kier molecular flexibility index (Phi) is 8.86. The molecule has 1 nitrogen and oxygen atoms in total. The molecule has 138 valence electrons. The SMILES string of the molecule is CCCCCSc1ccc(C(=O)/C=C/c2cc(Cl)c(Cl)c(Cl)c2Cl)cc1. The van der Waals surface area contributed by atoms with Crippen molar-refractivity contribution in [2.75, 3.05) is 5.75 Å². The Hall–Kier alpha value is -0.640. The number of benzene rings is 2. The lowest BCUT2D eigenvalue weighted by atomic mass is 10.1. The fourth-order valence-corrected chi connectivity index (χ4v) is 4.03. The molecule has 2 rings (SSSR count). The first-order valence-electron chi connectivity index (χ1n) is 8.22. The number of carbonyl (C=O) groups is 1. The van der Waals surface area contributed by atoms with E-state index in [1.165, 1.54) is 30.2 Å². The second-order valence-corrected chi connectivity index (χ2v) is 8.38. The Bertz CT molecular complexity index is 800. The zero-order chi connectivity index (χ0) is 19.1. The number of ketones is 1. The summed E-state index contributed by atoms with van der Waals surface area (Å²) in [6.07, 6.45) is 6.71. The molecule has 2 aromatic rings. The minimum atomic E-state index is -0.120. The number of allylic oxidation sites excluding steroid dienone is 1. The summed E-state index contributed by atoms with van der Waals surface area (Å²) in [7, 11) is 0. The third kappa shape index (κ3) is 5.94. The van der Waals surface area contributed by atoms with E-state index in [2.05, 4.69) is 6.92 Å². The standard InChI is InChI=1S/C20H18Cl4OS/c1-2-3-4-11-26-15-8-5-13(6-9-15)17(25)10-7-14-12-16(21)19(23)20(24)18(14)22/h5-10,12H,2-4,11H2,1H3/b10-7+. The summed E-state index contributed by atoms with van der Waals surface area (Å²) in [5, 5.41) is 0.938. The van der Waals surface area contributed by atoms with Gasteiger partial charge >= 0.3 is 0 Å². The van der Waals surface area contributed by atoms with Crippen LogP contribution in [0.1, 0.15) is 42.1 Å². The summed E-state index contributed by atoms with van der Waals surface area (Å²) in [5.74, 6) is 0.975. The molecule has 0 atom stereocenters. The van der Waals surface area contributed by atoms with Gasteiger partial charge in [-0.1, -0.05) is 66.2 Å². The number of halogens is 4. The van der Waals surface area contributed by atoms with Gasteiger partial charge in [0.25, 0.3) is 0 Å². The van der Waals surface area contributed by atoms with E-state index in [0.29, 0.717) is 11.1 Å². The van der Waals surface area contributed by atoms with E-state index in [1.807, 2.05) is 36.0 Å². The normalized spacial score (nSPS) is 11.3. The van der Waals surface area contributed by atoms with Gasteiger partial charge in [-0.2, -0.15) is 0 Å². The van der Waals surface area contributed by atoms with Gasteiger partial charge in [0.15, 0.2) is 5.78 Å². The van der Waals surface area contributed by atoms with E-state index in [1.54, 1.807) is 12.1 Å². The Morgan fingerprint density at radius 3 is 2.35 bits per heavy atom. The van der Waals surface area contributed by atoms with Crippen LogP contribution in [0.4, 0.5) is 0 Å². The monoisotopic (exact) mass is 446 g/mol. The number of unbranched alkanes of at least 4 members (excludes halogenated alkanes) is 2.